The van der Waals surface area contributed by atoms with E-state index in [0.717, 1.165) is 6.42 Å². The molecule has 1 heterocycles. The molecule has 0 aromatic heterocycles. The van der Waals surface area contributed by atoms with Crippen molar-refractivity contribution in [3.8, 4) is 0 Å². The van der Waals surface area contributed by atoms with Crippen LogP contribution in [0.3, 0.4) is 0 Å². The van der Waals surface area contributed by atoms with Crippen LogP contribution in [0, 0.1) is 5.92 Å². The topological polar surface area (TPSA) is 66.8 Å². The number of carboxylic acids is 1. The Balaban J connectivity index is 1.87. The van der Waals surface area contributed by atoms with Crippen molar-refractivity contribution in [2.24, 2.45) is 5.92 Å². The van der Waals surface area contributed by atoms with Gasteiger partial charge in [-0.05, 0) is 12.3 Å². The second-order valence-corrected chi connectivity index (χ2v) is 4.50. The van der Waals surface area contributed by atoms with E-state index in [1.165, 1.54) is 17.7 Å². The highest BCUT2D eigenvalue weighted by atomic mass is 16.5. The van der Waals surface area contributed by atoms with Gasteiger partial charge in [0.05, 0.1) is 13.2 Å². The summed E-state index contributed by atoms with van der Waals surface area (Å²) in [4.78, 5) is 24.3. The van der Waals surface area contributed by atoms with E-state index in [2.05, 4.69) is 0 Å². The maximum Gasteiger partial charge on any atom is 0.328 e. The quantitative estimate of drug-likeness (QED) is 0.759. The molecule has 1 aliphatic carbocycles. The predicted octanol–water partition coefficient (Wildman–Crippen LogP) is 0.489. The molecule has 1 saturated heterocycles. The first-order chi connectivity index (χ1) is 7.68. The number of ether oxygens (including phenoxy) is 1. The fourth-order valence-electron chi connectivity index (χ4n) is 1.98. The van der Waals surface area contributed by atoms with E-state index < -0.39 is 12.0 Å². The molecule has 1 unspecified atom stereocenters. The maximum atomic E-state index is 11.9. The van der Waals surface area contributed by atoms with Crippen LogP contribution in [0.25, 0.3) is 0 Å². The van der Waals surface area contributed by atoms with Gasteiger partial charge >= 0.3 is 5.97 Å². The Hall–Kier alpha value is -1.10. The molecule has 1 atom stereocenters. The molecule has 0 bridgehead atoms. The van der Waals surface area contributed by atoms with E-state index in [4.69, 9.17) is 9.84 Å². The third-order valence-corrected chi connectivity index (χ3v) is 3.20. The van der Waals surface area contributed by atoms with Gasteiger partial charge in [0.1, 0.15) is 0 Å². The second kappa shape index (κ2) is 4.82. The van der Waals surface area contributed by atoms with Crippen molar-refractivity contribution in [1.29, 1.82) is 0 Å². The smallest absolute Gasteiger partial charge is 0.328 e. The van der Waals surface area contributed by atoms with E-state index in [0.29, 0.717) is 25.5 Å². The number of hydrogen-bond acceptors (Lipinski definition) is 3. The SMILES string of the molecule is O=C(O)C1COCCN1C(=O)CCC1CC1. The Bertz CT molecular complexity index is 288. The summed E-state index contributed by atoms with van der Waals surface area (Å²) in [5.41, 5.74) is 0. The number of amides is 1. The molecule has 1 amide bonds. The van der Waals surface area contributed by atoms with Gasteiger partial charge in [-0.15, -0.1) is 0 Å². The molecule has 2 rings (SSSR count). The molecule has 1 aliphatic heterocycles. The summed E-state index contributed by atoms with van der Waals surface area (Å²) < 4.78 is 5.09. The van der Waals surface area contributed by atoms with Crippen LogP contribution in [-0.4, -0.2) is 47.7 Å². The minimum absolute atomic E-state index is 0.0393. The molecule has 16 heavy (non-hydrogen) atoms. The number of aliphatic carboxylic acids is 1. The van der Waals surface area contributed by atoms with E-state index in [1.54, 1.807) is 0 Å². The van der Waals surface area contributed by atoms with Crippen molar-refractivity contribution in [3.05, 3.63) is 0 Å². The van der Waals surface area contributed by atoms with Crippen molar-refractivity contribution in [2.75, 3.05) is 19.8 Å². The molecule has 2 aliphatic rings. The van der Waals surface area contributed by atoms with Gasteiger partial charge in [0.25, 0.3) is 0 Å². The van der Waals surface area contributed by atoms with Gasteiger partial charge in [-0.1, -0.05) is 12.8 Å². The highest BCUT2D eigenvalue weighted by Crippen LogP contribution is 2.33. The Morgan fingerprint density at radius 2 is 2.12 bits per heavy atom. The number of carbonyl (C=O) groups is 2. The van der Waals surface area contributed by atoms with Gasteiger partial charge in [-0.2, -0.15) is 0 Å². The zero-order valence-corrected chi connectivity index (χ0v) is 9.22. The standard InChI is InChI=1S/C11H17NO4/c13-10(4-3-8-1-2-8)12-5-6-16-7-9(12)11(14)15/h8-9H,1-7H2,(H,14,15). The predicted molar refractivity (Wildman–Crippen MR) is 55.9 cm³/mol. The maximum absolute atomic E-state index is 11.9. The average molecular weight is 227 g/mol. The molecule has 5 heteroatoms. The molecule has 2 fully saturated rings. The van der Waals surface area contributed by atoms with Crippen molar-refractivity contribution in [2.45, 2.75) is 31.7 Å². The first kappa shape index (κ1) is 11.4. The number of morpholine rings is 1. The van der Waals surface area contributed by atoms with E-state index in [9.17, 15) is 9.59 Å². The van der Waals surface area contributed by atoms with Gasteiger partial charge in [-0.3, -0.25) is 4.79 Å². The third kappa shape index (κ3) is 2.72. The number of hydrogen-bond donors (Lipinski definition) is 1. The molecular formula is C11H17NO4. The first-order valence-corrected chi connectivity index (χ1v) is 5.78. The van der Waals surface area contributed by atoms with Crippen LogP contribution in [0.1, 0.15) is 25.7 Å². The lowest BCUT2D eigenvalue weighted by Gasteiger charge is -2.32. The van der Waals surface area contributed by atoms with Crippen LogP contribution in [-0.2, 0) is 14.3 Å². The third-order valence-electron chi connectivity index (χ3n) is 3.20. The normalized spacial score (nSPS) is 25.5. The monoisotopic (exact) mass is 227 g/mol. The van der Waals surface area contributed by atoms with Crippen molar-refractivity contribution < 1.29 is 19.4 Å². The molecule has 1 N–H and O–H groups in total. The van der Waals surface area contributed by atoms with Gasteiger partial charge in [0.15, 0.2) is 6.04 Å². The zero-order chi connectivity index (χ0) is 11.5. The van der Waals surface area contributed by atoms with Crippen LogP contribution < -0.4 is 0 Å². The molecule has 0 aromatic carbocycles. The Kier molecular flexibility index (Phi) is 3.43. The largest absolute Gasteiger partial charge is 0.480 e. The van der Waals surface area contributed by atoms with Crippen LogP contribution >= 0.6 is 0 Å². The summed E-state index contributed by atoms with van der Waals surface area (Å²) in [6, 6.07) is -0.791. The summed E-state index contributed by atoms with van der Waals surface area (Å²) in [5.74, 6) is -0.310. The molecule has 5 nitrogen and oxygen atoms in total. The number of carboxylic acid groups (broad SMARTS) is 1. The van der Waals surface area contributed by atoms with Crippen LogP contribution in [0.2, 0.25) is 0 Å². The van der Waals surface area contributed by atoms with Crippen LogP contribution in [0.4, 0.5) is 0 Å². The van der Waals surface area contributed by atoms with Gasteiger partial charge in [0.2, 0.25) is 5.91 Å². The summed E-state index contributed by atoms with van der Waals surface area (Å²) in [6.07, 6.45) is 3.83. The minimum atomic E-state index is -0.973. The fourth-order valence-corrected chi connectivity index (χ4v) is 1.98. The van der Waals surface area contributed by atoms with Crippen molar-refractivity contribution >= 4 is 11.9 Å². The molecule has 90 valence electrons. The van der Waals surface area contributed by atoms with E-state index >= 15 is 0 Å². The van der Waals surface area contributed by atoms with E-state index in [1.807, 2.05) is 0 Å². The second-order valence-electron chi connectivity index (χ2n) is 4.50. The Morgan fingerprint density at radius 1 is 1.38 bits per heavy atom. The number of rotatable bonds is 4. The molecule has 0 radical (unpaired) electrons. The molecular weight excluding hydrogens is 210 g/mol. The van der Waals surface area contributed by atoms with Crippen LogP contribution in [0.5, 0.6) is 0 Å². The fraction of sp³-hybridized carbons (Fsp3) is 0.818. The lowest BCUT2D eigenvalue weighted by atomic mass is 10.1. The number of carbonyl (C=O) groups excluding carboxylic acids is 1. The average Bonchev–Trinajstić information content (AvgIpc) is 3.09. The Labute approximate surface area is 94.4 Å². The van der Waals surface area contributed by atoms with E-state index in [-0.39, 0.29) is 12.5 Å². The lowest BCUT2D eigenvalue weighted by molar-refractivity contribution is -0.158. The summed E-state index contributed by atoms with van der Waals surface area (Å²) in [6.45, 7) is 0.962. The highest BCUT2D eigenvalue weighted by Gasteiger charge is 2.33. The van der Waals surface area contributed by atoms with Crippen molar-refractivity contribution in [3.63, 3.8) is 0 Å². The van der Waals surface area contributed by atoms with Gasteiger partial charge in [-0.25, -0.2) is 4.79 Å². The minimum Gasteiger partial charge on any atom is -0.480 e. The Morgan fingerprint density at radius 3 is 2.75 bits per heavy atom. The summed E-state index contributed by atoms with van der Waals surface area (Å²) in [7, 11) is 0. The van der Waals surface area contributed by atoms with Crippen LogP contribution in [0.15, 0.2) is 0 Å². The number of nitrogens with zero attached hydrogens (tertiary/aromatic N) is 1. The molecule has 0 spiro atoms. The molecule has 1 saturated carbocycles. The summed E-state index contributed by atoms with van der Waals surface area (Å²) in [5, 5.41) is 8.97. The van der Waals surface area contributed by atoms with Gasteiger partial charge < -0.3 is 14.7 Å². The zero-order valence-electron chi connectivity index (χ0n) is 9.22. The van der Waals surface area contributed by atoms with Gasteiger partial charge in [0, 0.05) is 13.0 Å². The van der Waals surface area contributed by atoms with Crippen molar-refractivity contribution in [1.82, 2.24) is 4.90 Å². The lowest BCUT2D eigenvalue weighted by Crippen LogP contribution is -2.52. The first-order valence-electron chi connectivity index (χ1n) is 5.78. The summed E-state index contributed by atoms with van der Waals surface area (Å²) >= 11 is 0. The molecule has 0 aromatic rings. The highest BCUT2D eigenvalue weighted by molar-refractivity contribution is 5.84.